The molecule has 0 saturated carbocycles. The van der Waals surface area contributed by atoms with E-state index in [0.29, 0.717) is 63.1 Å². The fraction of sp³-hybridized carbons (Fsp3) is 0.769. The summed E-state index contributed by atoms with van der Waals surface area (Å²) in [5.74, 6) is -3.25. The number of aliphatic hydroxyl groups is 1. The topological polar surface area (TPSA) is 215 Å². The van der Waals surface area contributed by atoms with Gasteiger partial charge in [0.05, 0.1) is 30.0 Å². The quantitative estimate of drug-likeness (QED) is 0.179. The van der Waals surface area contributed by atoms with Crippen molar-refractivity contribution in [3.8, 4) is 11.4 Å². The minimum atomic E-state index is -1.24. The van der Waals surface area contributed by atoms with E-state index < -0.39 is 77.6 Å². The highest BCUT2D eigenvalue weighted by atomic mass is 16.7. The summed E-state index contributed by atoms with van der Waals surface area (Å²) in [5.41, 5.74) is 5.19. The van der Waals surface area contributed by atoms with E-state index >= 15 is 0 Å². The van der Waals surface area contributed by atoms with Crippen LogP contribution in [0.25, 0.3) is 11.4 Å². The Balaban J connectivity index is 1.38. The number of unbranched alkanes of at least 4 members (excludes halogenated alkanes) is 1. The summed E-state index contributed by atoms with van der Waals surface area (Å²) < 4.78 is 32.8. The van der Waals surface area contributed by atoms with Crippen molar-refractivity contribution in [2.45, 2.75) is 154 Å². The maximum atomic E-state index is 14.2. The molecule has 1 amide bonds. The zero-order valence-electron chi connectivity index (χ0n) is 34.3. The van der Waals surface area contributed by atoms with E-state index in [2.05, 4.69) is 32.7 Å². The minimum Gasteiger partial charge on any atom is -0.458 e. The number of nitrogens with zero attached hydrogens (tertiary/aromatic N) is 6. The smallest absolute Gasteiger partial charge is 0.410 e. The Morgan fingerprint density at radius 3 is 2.48 bits per heavy atom. The van der Waals surface area contributed by atoms with Gasteiger partial charge in [-0.25, -0.2) is 4.79 Å². The number of methoxy groups -OCH3 is 1. The van der Waals surface area contributed by atoms with Crippen LogP contribution >= 0.6 is 0 Å². The molecule has 13 atom stereocenters. The van der Waals surface area contributed by atoms with Gasteiger partial charge in [0.1, 0.15) is 29.5 Å². The Hall–Kier alpha value is -3.61. The van der Waals surface area contributed by atoms with Crippen LogP contribution in [0.3, 0.4) is 0 Å². The van der Waals surface area contributed by atoms with Crippen molar-refractivity contribution in [3.63, 3.8) is 0 Å². The van der Waals surface area contributed by atoms with E-state index in [9.17, 15) is 19.5 Å². The number of carbonyl (C=O) groups excluding carboxylic acids is 3. The largest absolute Gasteiger partial charge is 0.458 e. The van der Waals surface area contributed by atoms with Crippen LogP contribution in [-0.4, -0.2) is 133 Å². The summed E-state index contributed by atoms with van der Waals surface area (Å²) in [4.78, 5) is 43.6. The molecule has 17 nitrogen and oxygen atoms in total. The third kappa shape index (κ3) is 9.39. The average molecular weight is 787 g/mol. The van der Waals surface area contributed by atoms with Crippen LogP contribution in [0, 0.1) is 17.8 Å². The van der Waals surface area contributed by atoms with Gasteiger partial charge in [0.15, 0.2) is 17.7 Å². The second-order valence-corrected chi connectivity index (χ2v) is 16.4. The van der Waals surface area contributed by atoms with Gasteiger partial charge in [-0.15, -0.1) is 10.2 Å². The maximum absolute atomic E-state index is 14.2. The standard InChI is InChI=1S/C39H62N8O9/c1-10-30-39(8)33(47(37(51)56-39)17-12-11-16-46-21-29(44-45-46)28-14-13-15-42-43-28)26(6)41-20-22(2)19-38(7,52-9)34(24(4)31(48)25(5)35(50)54-30)55-36-32(49)27(40)18-23(3)53-36/h13-15,21-27,30,32-34,36,41,49H,10-12,16-20,40H2,1-9H3/t22-,23?,24+,25-,26-,27?,30-,32?,33-,34-,36+,38-,39-/m1/s1. The lowest BCUT2D eigenvalue weighted by Crippen LogP contribution is -2.61. The molecule has 0 aromatic carbocycles. The number of rotatable bonds is 10. The van der Waals surface area contributed by atoms with Crippen molar-refractivity contribution >= 4 is 17.8 Å². The van der Waals surface area contributed by atoms with E-state index in [1.165, 1.54) is 6.92 Å². The first-order valence-corrected chi connectivity index (χ1v) is 20.0. The Labute approximate surface area is 329 Å². The van der Waals surface area contributed by atoms with Gasteiger partial charge in [-0.2, -0.15) is 5.10 Å². The number of nitrogens with two attached hydrogens (primary N) is 1. The second-order valence-electron chi connectivity index (χ2n) is 16.4. The molecule has 3 saturated heterocycles. The SMILES string of the molecule is CC[C@H]1OC(=O)[C@H](C)C(=O)[C@H](C)[C@@H](O[C@@H]2OC(C)CC(N)C2O)[C@](C)(OC)C[C@@H](C)CN[C@H](C)[C@H]2N(CCCCn3cc(-c4cccnn4)nn3)C(=O)O[C@]12C. The number of hydrogen-bond acceptors (Lipinski definition) is 15. The summed E-state index contributed by atoms with van der Waals surface area (Å²) in [7, 11) is 1.56. The van der Waals surface area contributed by atoms with Gasteiger partial charge in [0.2, 0.25) is 0 Å². The van der Waals surface area contributed by atoms with E-state index in [1.54, 1.807) is 35.9 Å². The van der Waals surface area contributed by atoms with Crippen molar-refractivity contribution in [2.24, 2.45) is 23.5 Å². The molecule has 312 valence electrons. The van der Waals surface area contributed by atoms with Crippen molar-refractivity contribution < 1.29 is 43.2 Å². The van der Waals surface area contributed by atoms with Crippen LogP contribution < -0.4 is 11.1 Å². The fourth-order valence-corrected chi connectivity index (χ4v) is 8.73. The maximum Gasteiger partial charge on any atom is 0.410 e. The average Bonchev–Trinajstić information content (AvgIpc) is 3.75. The first kappa shape index (κ1) is 43.5. The highest BCUT2D eigenvalue weighted by Crippen LogP contribution is 2.40. The molecule has 4 N–H and O–H groups in total. The molecule has 0 bridgehead atoms. The molecule has 5 rings (SSSR count). The van der Waals surface area contributed by atoms with Crippen LogP contribution in [0.2, 0.25) is 0 Å². The zero-order valence-corrected chi connectivity index (χ0v) is 34.3. The third-order valence-corrected chi connectivity index (χ3v) is 11.9. The summed E-state index contributed by atoms with van der Waals surface area (Å²) in [6.45, 7) is 16.2. The van der Waals surface area contributed by atoms with Gasteiger partial charge in [-0.1, -0.05) is 26.0 Å². The molecular formula is C39H62N8O9. The van der Waals surface area contributed by atoms with Gasteiger partial charge < -0.3 is 39.8 Å². The van der Waals surface area contributed by atoms with E-state index in [4.69, 9.17) is 29.4 Å². The van der Waals surface area contributed by atoms with Crippen molar-refractivity contribution in [1.29, 1.82) is 0 Å². The molecule has 0 radical (unpaired) electrons. The van der Waals surface area contributed by atoms with Gasteiger partial charge in [-0.05, 0) is 91.3 Å². The first-order chi connectivity index (χ1) is 26.5. The lowest BCUT2D eigenvalue weighted by Gasteiger charge is -2.45. The summed E-state index contributed by atoms with van der Waals surface area (Å²) in [6.07, 6.45) is 1.19. The second kappa shape index (κ2) is 18.3. The van der Waals surface area contributed by atoms with Crippen molar-refractivity contribution in [1.82, 2.24) is 35.4 Å². The van der Waals surface area contributed by atoms with Gasteiger partial charge in [0.25, 0.3) is 0 Å². The number of aliphatic hydroxyl groups excluding tert-OH is 1. The molecule has 2 aromatic heterocycles. The molecule has 5 heterocycles. The number of hydrogen-bond donors (Lipinski definition) is 3. The highest BCUT2D eigenvalue weighted by Gasteiger charge is 2.58. The molecule has 3 aliphatic rings. The number of nitrogens with one attached hydrogen (secondary N) is 1. The minimum absolute atomic E-state index is 0.0243. The van der Waals surface area contributed by atoms with Crippen LogP contribution in [0.5, 0.6) is 0 Å². The zero-order chi connectivity index (χ0) is 40.9. The molecule has 3 fully saturated rings. The lowest BCUT2D eigenvalue weighted by molar-refractivity contribution is -0.288. The highest BCUT2D eigenvalue weighted by molar-refractivity contribution is 6.00. The van der Waals surface area contributed by atoms with E-state index in [1.807, 2.05) is 46.9 Å². The fourth-order valence-electron chi connectivity index (χ4n) is 8.73. The summed E-state index contributed by atoms with van der Waals surface area (Å²) in [6, 6.07) is 2.20. The van der Waals surface area contributed by atoms with Crippen LogP contribution in [-0.2, 0) is 39.8 Å². The number of fused-ring (bicyclic) bond motifs is 1. The molecule has 0 spiro atoms. The van der Waals surface area contributed by atoms with Gasteiger partial charge in [-0.3, -0.25) is 19.2 Å². The predicted octanol–water partition coefficient (Wildman–Crippen LogP) is 2.89. The molecule has 3 unspecified atom stereocenters. The Kier molecular flexibility index (Phi) is 14.2. The number of carbonyl (C=O) groups is 3. The van der Waals surface area contributed by atoms with Gasteiger partial charge >= 0.3 is 12.1 Å². The monoisotopic (exact) mass is 786 g/mol. The van der Waals surface area contributed by atoms with Gasteiger partial charge in [0, 0.05) is 44.4 Å². The molecular weight excluding hydrogens is 724 g/mol. The first-order valence-electron chi connectivity index (χ1n) is 20.0. The number of amides is 1. The normalized spacial score (nSPS) is 37.7. The lowest BCUT2D eigenvalue weighted by atomic mass is 9.78. The molecule has 3 aliphatic heterocycles. The van der Waals surface area contributed by atoms with Crippen LogP contribution in [0.15, 0.2) is 24.5 Å². The van der Waals surface area contributed by atoms with Crippen LogP contribution in [0.1, 0.15) is 87.5 Å². The van der Waals surface area contributed by atoms with Crippen LogP contribution in [0.4, 0.5) is 4.79 Å². The summed E-state index contributed by atoms with van der Waals surface area (Å²) >= 11 is 0. The number of aromatic nitrogens is 5. The third-order valence-electron chi connectivity index (χ3n) is 11.9. The summed E-state index contributed by atoms with van der Waals surface area (Å²) in [5, 5.41) is 31.1. The molecule has 0 aliphatic carbocycles. The molecule has 17 heteroatoms. The number of ether oxygens (including phenoxy) is 5. The number of cyclic esters (lactones) is 1. The Morgan fingerprint density at radius 1 is 1.07 bits per heavy atom. The van der Waals surface area contributed by atoms with E-state index in [0.717, 1.165) is 0 Å². The Bertz CT molecular complexity index is 1630. The predicted molar refractivity (Wildman–Crippen MR) is 204 cm³/mol. The number of ketones is 1. The molecule has 56 heavy (non-hydrogen) atoms. The van der Waals surface area contributed by atoms with Crippen molar-refractivity contribution in [3.05, 3.63) is 24.5 Å². The van der Waals surface area contributed by atoms with E-state index in [-0.39, 0.29) is 18.1 Å². The Morgan fingerprint density at radius 2 is 1.80 bits per heavy atom. The number of Topliss-reactive ketones (excluding diaryl/α,β-unsaturated/α-hetero) is 1. The molecule has 2 aromatic rings. The number of aryl methyl sites for hydroxylation is 1. The number of esters is 1. The van der Waals surface area contributed by atoms with Crippen molar-refractivity contribution in [2.75, 3.05) is 20.2 Å².